The van der Waals surface area contributed by atoms with Crippen molar-refractivity contribution < 1.29 is 14.3 Å². The predicted octanol–water partition coefficient (Wildman–Crippen LogP) is 2.51. The first kappa shape index (κ1) is 21.3. The fraction of sp³-hybridized carbons (Fsp3) is 0.458. The highest BCUT2D eigenvalue weighted by atomic mass is 16.5. The fourth-order valence-corrected chi connectivity index (χ4v) is 4.15. The second-order valence-electron chi connectivity index (χ2n) is 8.31. The van der Waals surface area contributed by atoms with Crippen molar-refractivity contribution in [2.45, 2.75) is 25.3 Å². The van der Waals surface area contributed by atoms with E-state index in [0.717, 1.165) is 37.1 Å². The van der Waals surface area contributed by atoms with Gasteiger partial charge in [0.2, 0.25) is 5.91 Å². The Kier molecular flexibility index (Phi) is 6.82. The summed E-state index contributed by atoms with van der Waals surface area (Å²) in [4.78, 5) is 33.5. The molecule has 1 atom stereocenters. The SMILES string of the molecule is COc1ccc([C@H](NC(=O)CN2CCCN(C(=O)c3ccncc3)CC2)C2CC2)cc1. The van der Waals surface area contributed by atoms with Crippen molar-refractivity contribution in [2.75, 3.05) is 39.8 Å². The highest BCUT2D eigenvalue weighted by Crippen LogP contribution is 2.41. The number of carbonyl (C=O) groups excluding carboxylic acids is 2. The van der Waals surface area contributed by atoms with Crippen molar-refractivity contribution in [3.63, 3.8) is 0 Å². The Bertz CT molecular complexity index is 883. The molecule has 4 rings (SSSR count). The molecule has 1 saturated carbocycles. The number of hydrogen-bond donors (Lipinski definition) is 1. The lowest BCUT2D eigenvalue weighted by atomic mass is 10.0. The van der Waals surface area contributed by atoms with E-state index in [2.05, 4.69) is 15.2 Å². The van der Waals surface area contributed by atoms with Crippen LogP contribution >= 0.6 is 0 Å². The van der Waals surface area contributed by atoms with Gasteiger partial charge >= 0.3 is 0 Å². The van der Waals surface area contributed by atoms with Crippen molar-refractivity contribution in [3.8, 4) is 5.75 Å². The van der Waals surface area contributed by atoms with Crippen LogP contribution in [0.2, 0.25) is 0 Å². The molecule has 2 aromatic rings. The molecule has 2 fully saturated rings. The molecule has 1 aromatic carbocycles. The summed E-state index contributed by atoms with van der Waals surface area (Å²) < 4.78 is 5.25. The number of amides is 2. The lowest BCUT2D eigenvalue weighted by Crippen LogP contribution is -2.41. The topological polar surface area (TPSA) is 74.8 Å². The first-order chi connectivity index (χ1) is 15.1. The monoisotopic (exact) mass is 422 g/mol. The molecule has 2 amide bonds. The predicted molar refractivity (Wildman–Crippen MR) is 118 cm³/mol. The number of methoxy groups -OCH3 is 1. The van der Waals surface area contributed by atoms with Crippen LogP contribution < -0.4 is 10.1 Å². The zero-order valence-electron chi connectivity index (χ0n) is 18.0. The zero-order chi connectivity index (χ0) is 21.6. The molecule has 0 unspecified atom stereocenters. The van der Waals surface area contributed by atoms with Crippen molar-refractivity contribution >= 4 is 11.8 Å². The lowest BCUT2D eigenvalue weighted by Gasteiger charge is -2.24. The number of nitrogens with one attached hydrogen (secondary N) is 1. The summed E-state index contributed by atoms with van der Waals surface area (Å²) in [5, 5.41) is 3.25. The van der Waals surface area contributed by atoms with Crippen LogP contribution in [-0.2, 0) is 4.79 Å². The maximum absolute atomic E-state index is 12.8. The maximum atomic E-state index is 12.8. The average Bonchev–Trinajstić information content (AvgIpc) is 3.66. The molecule has 31 heavy (non-hydrogen) atoms. The van der Waals surface area contributed by atoms with E-state index in [1.54, 1.807) is 31.6 Å². The van der Waals surface area contributed by atoms with Crippen molar-refractivity contribution in [3.05, 3.63) is 59.9 Å². The molecule has 164 valence electrons. The van der Waals surface area contributed by atoms with Crippen molar-refractivity contribution in [1.82, 2.24) is 20.1 Å². The molecule has 0 radical (unpaired) electrons. The van der Waals surface area contributed by atoms with Gasteiger partial charge < -0.3 is 15.0 Å². The highest BCUT2D eigenvalue weighted by Gasteiger charge is 2.33. The van der Waals surface area contributed by atoms with Gasteiger partial charge in [-0.25, -0.2) is 0 Å². The van der Waals surface area contributed by atoms with E-state index < -0.39 is 0 Å². The number of rotatable bonds is 7. The molecular formula is C24H30N4O3. The molecule has 2 heterocycles. The summed E-state index contributed by atoms with van der Waals surface area (Å²) in [7, 11) is 1.65. The van der Waals surface area contributed by atoms with Crippen molar-refractivity contribution in [2.24, 2.45) is 5.92 Å². The van der Waals surface area contributed by atoms with Crippen LogP contribution in [-0.4, -0.2) is 66.4 Å². The lowest BCUT2D eigenvalue weighted by molar-refractivity contribution is -0.123. The third-order valence-electron chi connectivity index (χ3n) is 6.06. The van der Waals surface area contributed by atoms with Gasteiger partial charge in [-0.1, -0.05) is 12.1 Å². The average molecular weight is 423 g/mol. The number of aromatic nitrogens is 1. The number of nitrogens with zero attached hydrogens (tertiary/aromatic N) is 3. The maximum Gasteiger partial charge on any atom is 0.254 e. The summed E-state index contributed by atoms with van der Waals surface area (Å²) in [6.07, 6.45) is 6.43. The van der Waals surface area contributed by atoms with Crippen LogP contribution in [0.1, 0.15) is 41.2 Å². The Labute approximate surface area is 183 Å². The minimum atomic E-state index is 0.0296. The molecule has 0 spiro atoms. The Morgan fingerprint density at radius 3 is 2.48 bits per heavy atom. The minimum Gasteiger partial charge on any atom is -0.497 e. The summed E-state index contributed by atoms with van der Waals surface area (Å²) in [6.45, 7) is 3.19. The molecule has 7 heteroatoms. The standard InChI is InChI=1S/C24H30N4O3/c1-31-21-7-5-19(6-8-21)23(18-3-4-18)26-22(29)17-27-13-2-14-28(16-15-27)24(30)20-9-11-25-12-10-20/h5-12,18,23H,2-4,13-17H2,1H3,(H,26,29)/t23-/m1/s1. The molecule has 7 nitrogen and oxygen atoms in total. The second-order valence-corrected chi connectivity index (χ2v) is 8.31. The van der Waals surface area contributed by atoms with Gasteiger partial charge in [0, 0.05) is 44.1 Å². The Hall–Kier alpha value is -2.93. The Balaban J connectivity index is 1.31. The Morgan fingerprint density at radius 1 is 1.06 bits per heavy atom. The van der Waals surface area contributed by atoms with Gasteiger partial charge in [-0.2, -0.15) is 0 Å². The van der Waals surface area contributed by atoms with E-state index in [0.29, 0.717) is 37.7 Å². The minimum absolute atomic E-state index is 0.0296. The van der Waals surface area contributed by atoms with Crippen LogP contribution in [0.25, 0.3) is 0 Å². The smallest absolute Gasteiger partial charge is 0.254 e. The second kappa shape index (κ2) is 9.92. The fourth-order valence-electron chi connectivity index (χ4n) is 4.15. The van der Waals surface area contributed by atoms with E-state index >= 15 is 0 Å². The molecule has 1 aliphatic carbocycles. The zero-order valence-corrected chi connectivity index (χ0v) is 18.0. The largest absolute Gasteiger partial charge is 0.497 e. The molecule has 2 aliphatic rings. The van der Waals surface area contributed by atoms with E-state index in [4.69, 9.17) is 4.74 Å². The molecule has 1 N–H and O–H groups in total. The normalized spacial score (nSPS) is 18.2. The molecule has 1 saturated heterocycles. The number of carbonyl (C=O) groups is 2. The molecule has 1 aliphatic heterocycles. The molecule has 0 bridgehead atoms. The van der Waals surface area contributed by atoms with Gasteiger partial charge in [-0.3, -0.25) is 19.5 Å². The molecule has 1 aromatic heterocycles. The van der Waals surface area contributed by atoms with Crippen LogP contribution in [0, 0.1) is 5.92 Å². The van der Waals surface area contributed by atoms with Gasteiger partial charge in [-0.05, 0) is 55.0 Å². The Morgan fingerprint density at radius 2 is 1.81 bits per heavy atom. The van der Waals surface area contributed by atoms with E-state index in [-0.39, 0.29) is 17.9 Å². The third-order valence-corrected chi connectivity index (χ3v) is 6.06. The van der Waals surface area contributed by atoms with E-state index in [1.807, 2.05) is 29.2 Å². The van der Waals surface area contributed by atoms with Gasteiger partial charge in [0.1, 0.15) is 5.75 Å². The van der Waals surface area contributed by atoms with Gasteiger partial charge in [0.15, 0.2) is 0 Å². The van der Waals surface area contributed by atoms with Crippen LogP contribution in [0.15, 0.2) is 48.8 Å². The van der Waals surface area contributed by atoms with Crippen LogP contribution in [0.4, 0.5) is 0 Å². The number of benzene rings is 1. The van der Waals surface area contributed by atoms with Crippen molar-refractivity contribution in [1.29, 1.82) is 0 Å². The number of hydrogen-bond acceptors (Lipinski definition) is 5. The summed E-state index contributed by atoms with van der Waals surface area (Å²) in [6, 6.07) is 11.5. The third kappa shape index (κ3) is 5.61. The van der Waals surface area contributed by atoms with Crippen LogP contribution in [0.3, 0.4) is 0 Å². The van der Waals surface area contributed by atoms with Gasteiger partial charge in [-0.15, -0.1) is 0 Å². The summed E-state index contributed by atoms with van der Waals surface area (Å²) in [5.74, 6) is 1.40. The first-order valence-corrected chi connectivity index (χ1v) is 11.0. The van der Waals surface area contributed by atoms with E-state index in [9.17, 15) is 9.59 Å². The van der Waals surface area contributed by atoms with Gasteiger partial charge in [0.25, 0.3) is 5.91 Å². The number of pyridine rings is 1. The van der Waals surface area contributed by atoms with Gasteiger partial charge in [0.05, 0.1) is 19.7 Å². The van der Waals surface area contributed by atoms with E-state index in [1.165, 1.54) is 0 Å². The van der Waals surface area contributed by atoms with Crippen LogP contribution in [0.5, 0.6) is 5.75 Å². The summed E-state index contributed by atoms with van der Waals surface area (Å²) >= 11 is 0. The summed E-state index contributed by atoms with van der Waals surface area (Å²) in [5.41, 5.74) is 1.79. The highest BCUT2D eigenvalue weighted by molar-refractivity contribution is 5.94. The first-order valence-electron chi connectivity index (χ1n) is 11.0. The quantitative estimate of drug-likeness (QED) is 0.742. The number of ether oxygens (including phenoxy) is 1. The molecular weight excluding hydrogens is 392 g/mol.